The summed E-state index contributed by atoms with van der Waals surface area (Å²) in [7, 11) is 0. The summed E-state index contributed by atoms with van der Waals surface area (Å²) in [5, 5.41) is 2.79. The highest BCUT2D eigenvalue weighted by Crippen LogP contribution is 2.24. The minimum absolute atomic E-state index is 0.00271. The van der Waals surface area contributed by atoms with Gasteiger partial charge in [-0.3, -0.25) is 14.4 Å². The van der Waals surface area contributed by atoms with E-state index in [0.717, 1.165) is 18.4 Å². The second-order valence-electron chi connectivity index (χ2n) is 7.89. The highest BCUT2D eigenvalue weighted by molar-refractivity contribution is 6.04. The Morgan fingerprint density at radius 2 is 1.72 bits per heavy atom. The fraction of sp³-hybridized carbons (Fsp3) is 0.333. The molecule has 2 aromatic carbocycles. The molecule has 0 spiro atoms. The van der Waals surface area contributed by atoms with Crippen molar-refractivity contribution in [2.24, 2.45) is 0 Å². The first-order valence-electron chi connectivity index (χ1n) is 10.7. The van der Waals surface area contributed by atoms with Gasteiger partial charge in [0.2, 0.25) is 11.8 Å². The molecule has 8 heteroatoms. The number of carbonyl (C=O) groups is 4. The Morgan fingerprint density at radius 1 is 1.03 bits per heavy atom. The first-order chi connectivity index (χ1) is 15.5. The number of piperazine rings is 1. The molecule has 166 valence electrons. The van der Waals surface area contributed by atoms with E-state index in [2.05, 4.69) is 5.32 Å². The largest absolute Gasteiger partial charge is 0.462 e. The normalized spacial score (nSPS) is 17.8. The Morgan fingerprint density at radius 3 is 2.41 bits per heavy atom. The molecule has 3 amide bonds. The molecule has 2 aliphatic rings. The second-order valence-corrected chi connectivity index (χ2v) is 7.89. The molecule has 0 aromatic heterocycles. The molecular weight excluding hydrogens is 410 g/mol. The van der Waals surface area contributed by atoms with Gasteiger partial charge in [0.15, 0.2) is 0 Å². The van der Waals surface area contributed by atoms with E-state index in [1.54, 1.807) is 65.3 Å². The SMILES string of the molecule is CCOC(=O)c1ccc(NC(=O)c2ccc(CN3CC(=O)N4CCC[C@H]4C3=O)cc2)cc1. The molecule has 0 aliphatic carbocycles. The number of ether oxygens (including phenoxy) is 1. The van der Waals surface area contributed by atoms with Gasteiger partial charge in [-0.2, -0.15) is 0 Å². The number of anilines is 1. The van der Waals surface area contributed by atoms with Crippen molar-refractivity contribution in [3.8, 4) is 0 Å². The van der Waals surface area contributed by atoms with Crippen LogP contribution in [0.4, 0.5) is 5.69 Å². The maximum atomic E-state index is 12.7. The van der Waals surface area contributed by atoms with Crippen molar-refractivity contribution in [1.29, 1.82) is 0 Å². The number of hydrogen-bond acceptors (Lipinski definition) is 5. The Kier molecular flexibility index (Phi) is 6.20. The third-order valence-electron chi connectivity index (χ3n) is 5.74. The van der Waals surface area contributed by atoms with Gasteiger partial charge in [-0.25, -0.2) is 4.79 Å². The zero-order valence-corrected chi connectivity index (χ0v) is 17.9. The Bertz CT molecular complexity index is 1030. The predicted molar refractivity (Wildman–Crippen MR) is 117 cm³/mol. The van der Waals surface area contributed by atoms with E-state index >= 15 is 0 Å². The lowest BCUT2D eigenvalue weighted by molar-refractivity contribution is -0.154. The lowest BCUT2D eigenvalue weighted by Crippen LogP contribution is -2.56. The molecule has 2 aromatic rings. The van der Waals surface area contributed by atoms with Gasteiger partial charge in [0, 0.05) is 24.3 Å². The van der Waals surface area contributed by atoms with Crippen LogP contribution in [0.2, 0.25) is 0 Å². The molecule has 0 bridgehead atoms. The molecule has 2 heterocycles. The molecule has 0 saturated carbocycles. The molecular formula is C24H25N3O5. The van der Waals surface area contributed by atoms with Crippen LogP contribution >= 0.6 is 0 Å². The fourth-order valence-corrected chi connectivity index (χ4v) is 4.09. The quantitative estimate of drug-likeness (QED) is 0.703. The van der Waals surface area contributed by atoms with Crippen LogP contribution in [0.25, 0.3) is 0 Å². The summed E-state index contributed by atoms with van der Waals surface area (Å²) in [5.74, 6) is -0.700. The van der Waals surface area contributed by atoms with Crippen LogP contribution in [0.1, 0.15) is 46.0 Å². The van der Waals surface area contributed by atoms with Crippen molar-refractivity contribution < 1.29 is 23.9 Å². The van der Waals surface area contributed by atoms with Gasteiger partial charge in [-0.15, -0.1) is 0 Å². The number of fused-ring (bicyclic) bond motifs is 1. The second kappa shape index (κ2) is 9.21. The number of nitrogens with zero attached hydrogens (tertiary/aromatic N) is 2. The van der Waals surface area contributed by atoms with Crippen molar-refractivity contribution in [2.75, 3.05) is 25.0 Å². The number of esters is 1. The molecule has 0 unspecified atom stereocenters. The average Bonchev–Trinajstić information content (AvgIpc) is 3.29. The molecule has 32 heavy (non-hydrogen) atoms. The molecule has 1 atom stereocenters. The third-order valence-corrected chi connectivity index (χ3v) is 5.74. The summed E-state index contributed by atoms with van der Waals surface area (Å²) in [5.41, 5.74) is 2.30. The van der Waals surface area contributed by atoms with Crippen molar-refractivity contribution in [1.82, 2.24) is 9.80 Å². The maximum absolute atomic E-state index is 12.7. The summed E-state index contributed by atoms with van der Waals surface area (Å²) < 4.78 is 4.95. The lowest BCUT2D eigenvalue weighted by atomic mass is 10.1. The summed E-state index contributed by atoms with van der Waals surface area (Å²) in [6.45, 7) is 3.14. The first kappa shape index (κ1) is 21.5. The van der Waals surface area contributed by atoms with Gasteiger partial charge in [0.1, 0.15) is 12.6 Å². The zero-order chi connectivity index (χ0) is 22.7. The summed E-state index contributed by atoms with van der Waals surface area (Å²) in [6.07, 6.45) is 1.59. The van der Waals surface area contributed by atoms with E-state index in [1.807, 2.05) is 0 Å². The van der Waals surface area contributed by atoms with E-state index in [0.29, 0.717) is 36.5 Å². The van der Waals surface area contributed by atoms with Gasteiger partial charge in [0.05, 0.1) is 12.2 Å². The van der Waals surface area contributed by atoms with Crippen LogP contribution in [0.3, 0.4) is 0 Å². The smallest absolute Gasteiger partial charge is 0.338 e. The van der Waals surface area contributed by atoms with Gasteiger partial charge >= 0.3 is 5.97 Å². The van der Waals surface area contributed by atoms with Gasteiger partial charge < -0.3 is 19.9 Å². The zero-order valence-electron chi connectivity index (χ0n) is 17.9. The van der Waals surface area contributed by atoms with Crippen LogP contribution in [-0.4, -0.2) is 59.2 Å². The van der Waals surface area contributed by atoms with Crippen molar-refractivity contribution in [3.05, 3.63) is 65.2 Å². The van der Waals surface area contributed by atoms with Gasteiger partial charge in [-0.1, -0.05) is 12.1 Å². The number of amides is 3. The Balaban J connectivity index is 1.36. The van der Waals surface area contributed by atoms with Crippen LogP contribution in [0.15, 0.2) is 48.5 Å². The first-order valence-corrected chi connectivity index (χ1v) is 10.7. The summed E-state index contributed by atoms with van der Waals surface area (Å²) in [4.78, 5) is 52.5. The Hall–Kier alpha value is -3.68. The highest BCUT2D eigenvalue weighted by atomic mass is 16.5. The monoisotopic (exact) mass is 435 g/mol. The average molecular weight is 435 g/mol. The molecule has 1 N–H and O–H groups in total. The predicted octanol–water partition coefficient (Wildman–Crippen LogP) is 2.45. The minimum Gasteiger partial charge on any atom is -0.462 e. The molecule has 8 nitrogen and oxygen atoms in total. The topological polar surface area (TPSA) is 96.0 Å². The Labute approximate surface area is 186 Å². The number of benzene rings is 2. The van der Waals surface area contributed by atoms with Gasteiger partial charge in [-0.05, 0) is 61.7 Å². The highest BCUT2D eigenvalue weighted by Gasteiger charge is 2.41. The van der Waals surface area contributed by atoms with E-state index in [4.69, 9.17) is 4.74 Å². The minimum atomic E-state index is -0.407. The summed E-state index contributed by atoms with van der Waals surface area (Å²) in [6, 6.07) is 13.1. The third kappa shape index (κ3) is 4.49. The van der Waals surface area contributed by atoms with Crippen LogP contribution in [-0.2, 0) is 20.9 Å². The maximum Gasteiger partial charge on any atom is 0.338 e. The molecule has 4 rings (SSSR count). The van der Waals surface area contributed by atoms with E-state index in [9.17, 15) is 19.2 Å². The van der Waals surface area contributed by atoms with Crippen molar-refractivity contribution in [3.63, 3.8) is 0 Å². The van der Waals surface area contributed by atoms with Crippen molar-refractivity contribution >= 4 is 29.4 Å². The van der Waals surface area contributed by atoms with Crippen LogP contribution in [0.5, 0.6) is 0 Å². The number of rotatable bonds is 6. The summed E-state index contributed by atoms with van der Waals surface area (Å²) >= 11 is 0. The number of hydrogen-bond donors (Lipinski definition) is 1. The number of carbonyl (C=O) groups excluding carboxylic acids is 4. The standard InChI is InChI=1S/C24H25N3O5/c1-2-32-24(31)18-9-11-19(12-10-18)25-22(29)17-7-5-16(6-8-17)14-26-15-21(28)27-13-3-4-20(27)23(26)30/h5-12,20H,2-4,13-15H2,1H3,(H,25,29)/t20-/m0/s1. The fourth-order valence-electron chi connectivity index (χ4n) is 4.09. The molecule has 2 saturated heterocycles. The van der Waals surface area contributed by atoms with E-state index in [1.165, 1.54) is 0 Å². The lowest BCUT2D eigenvalue weighted by Gasteiger charge is -2.36. The number of nitrogens with one attached hydrogen (secondary N) is 1. The van der Waals surface area contributed by atoms with E-state index < -0.39 is 5.97 Å². The van der Waals surface area contributed by atoms with Crippen LogP contribution in [0, 0.1) is 0 Å². The van der Waals surface area contributed by atoms with Crippen LogP contribution < -0.4 is 5.32 Å². The van der Waals surface area contributed by atoms with Gasteiger partial charge in [0.25, 0.3) is 5.91 Å². The molecule has 2 fully saturated rings. The van der Waals surface area contributed by atoms with E-state index in [-0.39, 0.29) is 30.3 Å². The molecule has 2 aliphatic heterocycles. The molecule has 0 radical (unpaired) electrons. The van der Waals surface area contributed by atoms with Crippen molar-refractivity contribution in [2.45, 2.75) is 32.4 Å².